The standard InChI is InChI=1S/C18H34BrN/c1-3-7-18(15-19,8-4-2)16-20-13-11-17(12-14-20)9-5-6-10-17/h3-16H2,1-2H3. The van der Waals surface area contributed by atoms with Gasteiger partial charge in [-0.2, -0.15) is 0 Å². The zero-order valence-corrected chi connectivity index (χ0v) is 15.3. The second-order valence-corrected chi connectivity index (χ2v) is 8.18. The smallest absolute Gasteiger partial charge is 0.0100 e. The van der Waals surface area contributed by atoms with Crippen LogP contribution in [0.25, 0.3) is 0 Å². The van der Waals surface area contributed by atoms with E-state index in [1.54, 1.807) is 0 Å². The highest BCUT2D eigenvalue weighted by molar-refractivity contribution is 9.09. The van der Waals surface area contributed by atoms with Gasteiger partial charge in [-0.05, 0) is 62.4 Å². The van der Waals surface area contributed by atoms with Crippen LogP contribution in [-0.4, -0.2) is 29.9 Å². The molecule has 0 aromatic heterocycles. The van der Waals surface area contributed by atoms with Crippen LogP contribution in [0.1, 0.15) is 78.1 Å². The Balaban J connectivity index is 1.88. The Bertz CT molecular complexity index is 267. The summed E-state index contributed by atoms with van der Waals surface area (Å²) in [5.41, 5.74) is 1.30. The highest BCUT2D eigenvalue weighted by atomic mass is 79.9. The molecule has 0 aromatic rings. The minimum absolute atomic E-state index is 0.531. The lowest BCUT2D eigenvalue weighted by atomic mass is 9.75. The van der Waals surface area contributed by atoms with Crippen LogP contribution in [0, 0.1) is 10.8 Å². The monoisotopic (exact) mass is 343 g/mol. The maximum Gasteiger partial charge on any atom is 0.0100 e. The maximum absolute atomic E-state index is 3.83. The van der Waals surface area contributed by atoms with E-state index >= 15 is 0 Å². The summed E-state index contributed by atoms with van der Waals surface area (Å²) in [6, 6.07) is 0. The summed E-state index contributed by atoms with van der Waals surface area (Å²) >= 11 is 3.83. The molecule has 1 aliphatic heterocycles. The fourth-order valence-electron chi connectivity index (χ4n) is 4.80. The summed E-state index contributed by atoms with van der Waals surface area (Å²) in [7, 11) is 0. The molecule has 118 valence electrons. The molecule has 0 aromatic carbocycles. The van der Waals surface area contributed by atoms with Crippen LogP contribution in [-0.2, 0) is 0 Å². The molecular formula is C18H34BrN. The summed E-state index contributed by atoms with van der Waals surface area (Å²) in [6.45, 7) is 8.74. The largest absolute Gasteiger partial charge is 0.303 e. The summed E-state index contributed by atoms with van der Waals surface area (Å²) in [5, 5.41) is 1.18. The van der Waals surface area contributed by atoms with Crippen LogP contribution in [0.3, 0.4) is 0 Å². The first-order valence-corrected chi connectivity index (χ1v) is 10.1. The van der Waals surface area contributed by atoms with Crippen LogP contribution in [0.2, 0.25) is 0 Å². The molecule has 0 amide bonds. The van der Waals surface area contributed by atoms with Crippen molar-refractivity contribution in [3.05, 3.63) is 0 Å². The van der Waals surface area contributed by atoms with Gasteiger partial charge < -0.3 is 4.90 Å². The van der Waals surface area contributed by atoms with Crippen molar-refractivity contribution in [2.45, 2.75) is 78.1 Å². The molecule has 0 radical (unpaired) electrons. The van der Waals surface area contributed by atoms with Gasteiger partial charge in [-0.1, -0.05) is 55.5 Å². The fourth-order valence-corrected chi connectivity index (χ4v) is 5.54. The topological polar surface area (TPSA) is 3.24 Å². The van der Waals surface area contributed by atoms with Crippen molar-refractivity contribution in [2.24, 2.45) is 10.8 Å². The molecule has 2 rings (SSSR count). The van der Waals surface area contributed by atoms with Crippen LogP contribution in [0.5, 0.6) is 0 Å². The lowest BCUT2D eigenvalue weighted by Crippen LogP contribution is -2.45. The second kappa shape index (κ2) is 7.63. The molecule has 1 aliphatic carbocycles. The number of piperidine rings is 1. The molecule has 20 heavy (non-hydrogen) atoms. The normalized spacial score (nSPS) is 23.6. The second-order valence-electron chi connectivity index (χ2n) is 7.62. The molecule has 2 fully saturated rings. The number of hydrogen-bond donors (Lipinski definition) is 0. The van der Waals surface area contributed by atoms with Crippen LogP contribution in [0.4, 0.5) is 0 Å². The first-order valence-electron chi connectivity index (χ1n) is 8.96. The van der Waals surface area contributed by atoms with Gasteiger partial charge in [0, 0.05) is 11.9 Å². The molecule has 1 spiro atoms. The highest BCUT2D eigenvalue weighted by Crippen LogP contribution is 2.46. The van der Waals surface area contributed by atoms with Crippen molar-refractivity contribution in [3.63, 3.8) is 0 Å². The number of rotatable bonds is 7. The SMILES string of the molecule is CCCC(CBr)(CCC)CN1CCC2(CCCC2)CC1. The van der Waals surface area contributed by atoms with E-state index in [0.29, 0.717) is 5.41 Å². The summed E-state index contributed by atoms with van der Waals surface area (Å²) in [4.78, 5) is 2.79. The Kier molecular flexibility index (Phi) is 6.41. The van der Waals surface area contributed by atoms with Gasteiger partial charge in [0.25, 0.3) is 0 Å². The number of alkyl halides is 1. The molecule has 2 aliphatic rings. The van der Waals surface area contributed by atoms with Crippen LogP contribution < -0.4 is 0 Å². The van der Waals surface area contributed by atoms with E-state index in [1.165, 1.54) is 89.2 Å². The predicted octanol–water partition coefficient (Wildman–Crippen LogP) is 5.62. The Morgan fingerprint density at radius 2 is 1.50 bits per heavy atom. The lowest BCUT2D eigenvalue weighted by Gasteiger charge is -2.44. The Hall–Kier alpha value is 0.440. The van der Waals surface area contributed by atoms with Gasteiger partial charge in [-0.15, -0.1) is 0 Å². The highest BCUT2D eigenvalue weighted by Gasteiger charge is 2.38. The van der Waals surface area contributed by atoms with Crippen molar-refractivity contribution in [1.82, 2.24) is 4.90 Å². The van der Waals surface area contributed by atoms with E-state index in [9.17, 15) is 0 Å². The number of hydrogen-bond acceptors (Lipinski definition) is 1. The summed E-state index contributed by atoms with van der Waals surface area (Å²) in [6.07, 6.45) is 14.4. The quantitative estimate of drug-likeness (QED) is 0.542. The van der Waals surface area contributed by atoms with Crippen molar-refractivity contribution in [2.75, 3.05) is 25.0 Å². The lowest BCUT2D eigenvalue weighted by molar-refractivity contribution is 0.0682. The third-order valence-corrected chi connectivity index (χ3v) is 7.17. The van der Waals surface area contributed by atoms with Gasteiger partial charge in [-0.3, -0.25) is 0 Å². The molecule has 2 heteroatoms. The van der Waals surface area contributed by atoms with E-state index in [-0.39, 0.29) is 0 Å². The maximum atomic E-state index is 3.83. The van der Waals surface area contributed by atoms with Crippen molar-refractivity contribution in [3.8, 4) is 0 Å². The number of halogens is 1. The van der Waals surface area contributed by atoms with Gasteiger partial charge in [0.2, 0.25) is 0 Å². The summed E-state index contributed by atoms with van der Waals surface area (Å²) in [5.74, 6) is 0. The molecule has 0 unspecified atom stereocenters. The first kappa shape index (κ1) is 16.8. The first-order chi connectivity index (χ1) is 9.67. The van der Waals surface area contributed by atoms with E-state index in [4.69, 9.17) is 0 Å². The third-order valence-electron chi connectivity index (χ3n) is 5.98. The summed E-state index contributed by atoms with van der Waals surface area (Å²) < 4.78 is 0. The molecule has 0 atom stereocenters. The Labute approximate surface area is 135 Å². The van der Waals surface area contributed by atoms with Crippen LogP contribution in [0.15, 0.2) is 0 Å². The minimum atomic E-state index is 0.531. The van der Waals surface area contributed by atoms with Gasteiger partial charge >= 0.3 is 0 Å². The zero-order chi connectivity index (χ0) is 14.5. The molecule has 1 saturated carbocycles. The molecule has 0 bridgehead atoms. The molecule has 0 N–H and O–H groups in total. The van der Waals surface area contributed by atoms with Gasteiger partial charge in [0.05, 0.1) is 0 Å². The average molecular weight is 344 g/mol. The van der Waals surface area contributed by atoms with Gasteiger partial charge in [0.15, 0.2) is 0 Å². The molecular weight excluding hydrogens is 310 g/mol. The van der Waals surface area contributed by atoms with E-state index in [0.717, 1.165) is 5.41 Å². The van der Waals surface area contributed by atoms with E-state index < -0.39 is 0 Å². The zero-order valence-electron chi connectivity index (χ0n) is 13.7. The average Bonchev–Trinajstić information content (AvgIpc) is 2.91. The van der Waals surface area contributed by atoms with Crippen molar-refractivity contribution < 1.29 is 0 Å². The molecule has 1 nitrogen and oxygen atoms in total. The van der Waals surface area contributed by atoms with Gasteiger partial charge in [0.1, 0.15) is 0 Å². The molecule has 1 heterocycles. The van der Waals surface area contributed by atoms with E-state index in [1.807, 2.05) is 0 Å². The minimum Gasteiger partial charge on any atom is -0.303 e. The number of nitrogens with zero attached hydrogens (tertiary/aromatic N) is 1. The Morgan fingerprint density at radius 1 is 0.950 bits per heavy atom. The third kappa shape index (κ3) is 4.00. The van der Waals surface area contributed by atoms with Crippen LogP contribution >= 0.6 is 15.9 Å². The Morgan fingerprint density at radius 3 is 1.95 bits per heavy atom. The van der Waals surface area contributed by atoms with E-state index in [2.05, 4.69) is 34.7 Å². The molecule has 1 saturated heterocycles. The van der Waals surface area contributed by atoms with Crippen molar-refractivity contribution in [1.29, 1.82) is 0 Å². The van der Waals surface area contributed by atoms with Gasteiger partial charge in [-0.25, -0.2) is 0 Å². The fraction of sp³-hybridized carbons (Fsp3) is 1.00. The van der Waals surface area contributed by atoms with Crippen molar-refractivity contribution >= 4 is 15.9 Å². The predicted molar refractivity (Wildman–Crippen MR) is 92.6 cm³/mol. The number of likely N-dealkylation sites (tertiary alicyclic amines) is 1.